The van der Waals surface area contributed by atoms with Gasteiger partial charge < -0.3 is 14.8 Å². The van der Waals surface area contributed by atoms with Gasteiger partial charge in [-0.2, -0.15) is 0 Å². The van der Waals surface area contributed by atoms with Crippen LogP contribution in [0.25, 0.3) is 0 Å². The largest absolute Gasteiger partial charge is 0.493 e. The van der Waals surface area contributed by atoms with Gasteiger partial charge in [-0.25, -0.2) is 0 Å². The zero-order valence-electron chi connectivity index (χ0n) is 13.4. The van der Waals surface area contributed by atoms with E-state index < -0.39 is 0 Å². The van der Waals surface area contributed by atoms with Crippen molar-refractivity contribution in [2.45, 2.75) is 20.8 Å². The summed E-state index contributed by atoms with van der Waals surface area (Å²) in [5.74, 6) is 0.969. The van der Waals surface area contributed by atoms with Crippen LogP contribution in [-0.4, -0.2) is 19.6 Å². The predicted octanol–water partition coefficient (Wildman–Crippen LogP) is 3.64. The second-order valence-electron chi connectivity index (χ2n) is 5.26. The van der Waals surface area contributed by atoms with Crippen LogP contribution >= 0.6 is 0 Å². The van der Waals surface area contributed by atoms with Crippen molar-refractivity contribution < 1.29 is 14.3 Å². The number of anilines is 1. The van der Waals surface area contributed by atoms with Gasteiger partial charge >= 0.3 is 0 Å². The molecule has 0 aliphatic rings. The molecule has 0 saturated heterocycles. The van der Waals surface area contributed by atoms with E-state index in [1.165, 1.54) is 5.56 Å². The Bertz CT molecular complexity index is 657. The maximum absolute atomic E-state index is 12.1. The number of methoxy groups -OCH3 is 1. The smallest absolute Gasteiger partial charge is 0.262 e. The van der Waals surface area contributed by atoms with Crippen LogP contribution in [0.3, 0.4) is 0 Å². The van der Waals surface area contributed by atoms with Crippen molar-refractivity contribution in [3.8, 4) is 11.5 Å². The average Bonchev–Trinajstić information content (AvgIpc) is 2.49. The lowest BCUT2D eigenvalue weighted by Gasteiger charge is -2.14. The molecule has 2 aromatic carbocycles. The Hall–Kier alpha value is -2.49. The average molecular weight is 299 g/mol. The molecule has 0 spiro atoms. The van der Waals surface area contributed by atoms with Crippen LogP contribution < -0.4 is 14.8 Å². The SMILES string of the molecule is COc1ccccc1OCC(=O)Nc1c(C)cc(C)cc1C. The topological polar surface area (TPSA) is 47.6 Å². The summed E-state index contributed by atoms with van der Waals surface area (Å²) in [7, 11) is 1.57. The van der Waals surface area contributed by atoms with Gasteiger partial charge in [0.1, 0.15) is 0 Å². The molecule has 0 bridgehead atoms. The maximum Gasteiger partial charge on any atom is 0.262 e. The highest BCUT2D eigenvalue weighted by Crippen LogP contribution is 2.26. The molecule has 0 heterocycles. The minimum atomic E-state index is -0.194. The van der Waals surface area contributed by atoms with Crippen molar-refractivity contribution in [3.05, 3.63) is 53.1 Å². The molecular formula is C18H21NO3. The molecule has 0 aliphatic heterocycles. The third-order valence-electron chi connectivity index (χ3n) is 3.37. The van der Waals surface area contributed by atoms with Crippen molar-refractivity contribution in [3.63, 3.8) is 0 Å². The van der Waals surface area contributed by atoms with Crippen molar-refractivity contribution in [2.24, 2.45) is 0 Å². The summed E-state index contributed by atoms with van der Waals surface area (Å²) in [4.78, 5) is 12.1. The lowest BCUT2D eigenvalue weighted by molar-refractivity contribution is -0.118. The highest BCUT2D eigenvalue weighted by atomic mass is 16.5. The molecule has 1 amide bonds. The molecule has 22 heavy (non-hydrogen) atoms. The molecule has 0 radical (unpaired) electrons. The van der Waals surface area contributed by atoms with Crippen LogP contribution in [-0.2, 0) is 4.79 Å². The predicted molar refractivity (Wildman–Crippen MR) is 87.8 cm³/mol. The minimum absolute atomic E-state index is 0.0624. The molecule has 0 aromatic heterocycles. The first kappa shape index (κ1) is 15.9. The Kier molecular flexibility index (Phi) is 5.04. The number of rotatable bonds is 5. The van der Waals surface area contributed by atoms with E-state index in [1.54, 1.807) is 19.2 Å². The summed E-state index contributed by atoms with van der Waals surface area (Å²) in [5.41, 5.74) is 4.11. The summed E-state index contributed by atoms with van der Waals surface area (Å²) in [6.45, 7) is 5.94. The van der Waals surface area contributed by atoms with Crippen LogP contribution in [0.5, 0.6) is 11.5 Å². The van der Waals surface area contributed by atoms with Gasteiger partial charge in [-0.3, -0.25) is 4.79 Å². The van der Waals surface area contributed by atoms with Crippen LogP contribution in [0.2, 0.25) is 0 Å². The molecule has 1 N–H and O–H groups in total. The first-order valence-electron chi connectivity index (χ1n) is 7.14. The first-order valence-corrected chi connectivity index (χ1v) is 7.14. The standard InChI is InChI=1S/C18H21NO3/c1-12-9-13(2)18(14(3)10-12)19-17(20)11-22-16-8-6-5-7-15(16)21-4/h5-10H,11H2,1-4H3,(H,19,20). The van der Waals surface area contributed by atoms with Gasteiger partial charge in [0, 0.05) is 5.69 Å². The van der Waals surface area contributed by atoms with Crippen molar-refractivity contribution >= 4 is 11.6 Å². The summed E-state index contributed by atoms with van der Waals surface area (Å²) in [5, 5.41) is 2.91. The molecule has 2 aromatic rings. The fraction of sp³-hybridized carbons (Fsp3) is 0.278. The molecule has 2 rings (SSSR count). The quantitative estimate of drug-likeness (QED) is 0.917. The van der Waals surface area contributed by atoms with E-state index in [1.807, 2.05) is 45.0 Å². The van der Waals surface area contributed by atoms with E-state index in [2.05, 4.69) is 5.32 Å². The van der Waals surface area contributed by atoms with Gasteiger partial charge in [-0.15, -0.1) is 0 Å². The number of para-hydroxylation sites is 2. The maximum atomic E-state index is 12.1. The van der Waals surface area contributed by atoms with Gasteiger partial charge in [0.05, 0.1) is 7.11 Å². The van der Waals surface area contributed by atoms with E-state index >= 15 is 0 Å². The number of carbonyl (C=O) groups is 1. The number of amides is 1. The Labute approximate surface area is 131 Å². The molecule has 4 nitrogen and oxygen atoms in total. The van der Waals surface area contributed by atoms with E-state index in [9.17, 15) is 4.79 Å². The number of ether oxygens (including phenoxy) is 2. The lowest BCUT2D eigenvalue weighted by atomic mass is 10.1. The number of nitrogens with one attached hydrogen (secondary N) is 1. The fourth-order valence-electron chi connectivity index (χ4n) is 2.43. The van der Waals surface area contributed by atoms with E-state index in [0.717, 1.165) is 16.8 Å². The molecule has 0 unspecified atom stereocenters. The lowest BCUT2D eigenvalue weighted by Crippen LogP contribution is -2.21. The van der Waals surface area contributed by atoms with E-state index in [4.69, 9.17) is 9.47 Å². The Morgan fingerprint density at radius 1 is 1.05 bits per heavy atom. The van der Waals surface area contributed by atoms with E-state index in [0.29, 0.717) is 11.5 Å². The molecular weight excluding hydrogens is 278 g/mol. The highest BCUT2D eigenvalue weighted by molar-refractivity contribution is 5.93. The second kappa shape index (κ2) is 6.98. The van der Waals surface area contributed by atoms with Gasteiger partial charge in [0.15, 0.2) is 18.1 Å². The number of carbonyl (C=O) groups excluding carboxylic acids is 1. The van der Waals surface area contributed by atoms with E-state index in [-0.39, 0.29) is 12.5 Å². The van der Waals surface area contributed by atoms with Crippen LogP contribution in [0.1, 0.15) is 16.7 Å². The summed E-state index contributed by atoms with van der Waals surface area (Å²) >= 11 is 0. The molecule has 0 saturated carbocycles. The molecule has 4 heteroatoms. The Morgan fingerprint density at radius 2 is 1.64 bits per heavy atom. The van der Waals surface area contributed by atoms with Gasteiger partial charge in [0.2, 0.25) is 0 Å². The third kappa shape index (κ3) is 3.79. The number of aryl methyl sites for hydroxylation is 3. The Morgan fingerprint density at radius 3 is 2.23 bits per heavy atom. The summed E-state index contributed by atoms with van der Waals surface area (Å²) in [6.07, 6.45) is 0. The van der Waals surface area contributed by atoms with Crippen molar-refractivity contribution in [1.82, 2.24) is 0 Å². The fourth-order valence-corrected chi connectivity index (χ4v) is 2.43. The molecule has 0 fully saturated rings. The van der Waals surface area contributed by atoms with Gasteiger partial charge in [0.25, 0.3) is 5.91 Å². The summed E-state index contributed by atoms with van der Waals surface area (Å²) in [6, 6.07) is 11.3. The number of hydrogen-bond donors (Lipinski definition) is 1. The highest BCUT2D eigenvalue weighted by Gasteiger charge is 2.10. The third-order valence-corrected chi connectivity index (χ3v) is 3.37. The van der Waals surface area contributed by atoms with Crippen LogP contribution in [0.4, 0.5) is 5.69 Å². The Balaban J connectivity index is 2.02. The minimum Gasteiger partial charge on any atom is -0.493 e. The molecule has 116 valence electrons. The first-order chi connectivity index (χ1) is 10.5. The van der Waals surface area contributed by atoms with Gasteiger partial charge in [-0.1, -0.05) is 29.8 Å². The molecule has 0 atom stereocenters. The normalized spacial score (nSPS) is 10.2. The van der Waals surface area contributed by atoms with Crippen molar-refractivity contribution in [2.75, 3.05) is 19.0 Å². The number of benzene rings is 2. The zero-order chi connectivity index (χ0) is 16.1. The van der Waals surface area contributed by atoms with Crippen LogP contribution in [0, 0.1) is 20.8 Å². The summed E-state index contributed by atoms with van der Waals surface area (Å²) < 4.78 is 10.7. The van der Waals surface area contributed by atoms with Crippen molar-refractivity contribution in [1.29, 1.82) is 0 Å². The monoisotopic (exact) mass is 299 g/mol. The second-order valence-corrected chi connectivity index (χ2v) is 5.26. The molecule has 0 aliphatic carbocycles. The zero-order valence-corrected chi connectivity index (χ0v) is 13.4. The van der Waals surface area contributed by atoms with Gasteiger partial charge in [-0.05, 0) is 44.0 Å². The van der Waals surface area contributed by atoms with Crippen LogP contribution in [0.15, 0.2) is 36.4 Å². The number of hydrogen-bond acceptors (Lipinski definition) is 3.